The van der Waals surface area contributed by atoms with Crippen LogP contribution in [0.4, 0.5) is 5.69 Å². The predicted octanol–water partition coefficient (Wildman–Crippen LogP) is 8.04. The van der Waals surface area contributed by atoms with Crippen LogP contribution in [0.5, 0.6) is 5.75 Å². The molecule has 0 spiro atoms. The Morgan fingerprint density at radius 1 is 0.806 bits per heavy atom. The van der Waals surface area contributed by atoms with Crippen molar-refractivity contribution in [3.63, 3.8) is 0 Å². The quantitative estimate of drug-likeness (QED) is 0.294. The standard InChI is InChI=1S/C28H41NO2/c1-4-5-6-7-8-9-10-11-12-13-22-31-27-20-16-25(17-21-27)24(3)28(30)29-26-18-14-23(2)15-19-26/h14-21,24H,4-13,22H2,1-3H3,(H,29,30). The van der Waals surface area contributed by atoms with Crippen LogP contribution in [-0.4, -0.2) is 12.5 Å². The number of carbonyl (C=O) groups excluding carboxylic acids is 1. The summed E-state index contributed by atoms with van der Waals surface area (Å²) in [6.45, 7) is 7.00. The molecule has 2 aromatic rings. The highest BCUT2D eigenvalue weighted by molar-refractivity contribution is 5.95. The van der Waals surface area contributed by atoms with Gasteiger partial charge in [-0.2, -0.15) is 0 Å². The van der Waals surface area contributed by atoms with Crippen molar-refractivity contribution in [1.29, 1.82) is 0 Å². The molecule has 170 valence electrons. The van der Waals surface area contributed by atoms with Crippen LogP contribution >= 0.6 is 0 Å². The molecule has 0 aromatic heterocycles. The van der Waals surface area contributed by atoms with E-state index >= 15 is 0 Å². The van der Waals surface area contributed by atoms with E-state index in [9.17, 15) is 4.79 Å². The third-order valence-corrected chi connectivity index (χ3v) is 5.86. The molecule has 2 aromatic carbocycles. The van der Waals surface area contributed by atoms with Gasteiger partial charge in [-0.05, 0) is 50.1 Å². The van der Waals surface area contributed by atoms with E-state index in [4.69, 9.17) is 4.74 Å². The average molecular weight is 424 g/mol. The molecule has 1 amide bonds. The summed E-state index contributed by atoms with van der Waals surface area (Å²) >= 11 is 0. The maximum Gasteiger partial charge on any atom is 0.231 e. The minimum absolute atomic E-state index is 0.00267. The normalized spacial score (nSPS) is 11.8. The lowest BCUT2D eigenvalue weighted by Crippen LogP contribution is -2.18. The Kier molecular flexibility index (Phi) is 11.8. The maximum atomic E-state index is 12.5. The molecular formula is C28H41NO2. The molecule has 0 radical (unpaired) electrons. The SMILES string of the molecule is CCCCCCCCCCCCOc1ccc(C(C)C(=O)Nc2ccc(C)cc2)cc1. The van der Waals surface area contributed by atoms with Crippen LogP contribution in [-0.2, 0) is 4.79 Å². The fourth-order valence-electron chi connectivity index (χ4n) is 3.67. The first-order valence-electron chi connectivity index (χ1n) is 12.2. The first-order chi connectivity index (χ1) is 15.1. The molecule has 31 heavy (non-hydrogen) atoms. The average Bonchev–Trinajstić information content (AvgIpc) is 2.79. The summed E-state index contributed by atoms with van der Waals surface area (Å²) in [6.07, 6.45) is 13.3. The first-order valence-corrected chi connectivity index (χ1v) is 12.2. The van der Waals surface area contributed by atoms with Crippen LogP contribution in [0, 0.1) is 6.92 Å². The number of ether oxygens (including phenoxy) is 1. The third kappa shape index (κ3) is 10.0. The molecule has 3 heteroatoms. The molecule has 0 heterocycles. The van der Waals surface area contributed by atoms with Gasteiger partial charge in [-0.3, -0.25) is 4.79 Å². The van der Waals surface area contributed by atoms with Crippen molar-refractivity contribution in [2.45, 2.75) is 90.9 Å². The van der Waals surface area contributed by atoms with E-state index in [0.717, 1.165) is 30.0 Å². The number of nitrogens with one attached hydrogen (secondary N) is 1. The third-order valence-electron chi connectivity index (χ3n) is 5.86. The van der Waals surface area contributed by atoms with Gasteiger partial charge in [0.05, 0.1) is 12.5 Å². The van der Waals surface area contributed by atoms with E-state index in [0.29, 0.717) is 0 Å². The monoisotopic (exact) mass is 423 g/mol. The van der Waals surface area contributed by atoms with Crippen LogP contribution < -0.4 is 10.1 Å². The van der Waals surface area contributed by atoms with Gasteiger partial charge in [-0.15, -0.1) is 0 Å². The lowest BCUT2D eigenvalue weighted by Gasteiger charge is -2.14. The maximum absolute atomic E-state index is 12.5. The van der Waals surface area contributed by atoms with Gasteiger partial charge in [0.1, 0.15) is 5.75 Å². The highest BCUT2D eigenvalue weighted by Gasteiger charge is 2.15. The van der Waals surface area contributed by atoms with Gasteiger partial charge in [0.15, 0.2) is 0 Å². The second-order valence-electron chi connectivity index (χ2n) is 8.68. The smallest absolute Gasteiger partial charge is 0.231 e. The van der Waals surface area contributed by atoms with E-state index in [-0.39, 0.29) is 11.8 Å². The Morgan fingerprint density at radius 2 is 1.35 bits per heavy atom. The molecule has 0 saturated heterocycles. The Hall–Kier alpha value is -2.29. The molecular weight excluding hydrogens is 382 g/mol. The van der Waals surface area contributed by atoms with Gasteiger partial charge in [0, 0.05) is 5.69 Å². The number of hydrogen-bond acceptors (Lipinski definition) is 2. The molecule has 0 aliphatic heterocycles. The van der Waals surface area contributed by atoms with Crippen molar-refractivity contribution in [3.05, 3.63) is 59.7 Å². The van der Waals surface area contributed by atoms with Crippen LogP contribution in [0.25, 0.3) is 0 Å². The van der Waals surface area contributed by atoms with Crippen molar-refractivity contribution >= 4 is 11.6 Å². The molecule has 3 nitrogen and oxygen atoms in total. The molecule has 2 rings (SSSR count). The van der Waals surface area contributed by atoms with Crippen LogP contribution in [0.3, 0.4) is 0 Å². The van der Waals surface area contributed by atoms with Gasteiger partial charge in [-0.25, -0.2) is 0 Å². The second kappa shape index (κ2) is 14.7. The Morgan fingerprint density at radius 3 is 1.94 bits per heavy atom. The summed E-state index contributed by atoms with van der Waals surface area (Å²) in [6, 6.07) is 15.8. The number of hydrogen-bond donors (Lipinski definition) is 1. The number of unbranched alkanes of at least 4 members (excludes halogenated alkanes) is 9. The van der Waals surface area contributed by atoms with Crippen molar-refractivity contribution in [2.75, 3.05) is 11.9 Å². The predicted molar refractivity (Wildman–Crippen MR) is 132 cm³/mol. The summed E-state index contributed by atoms with van der Waals surface area (Å²) in [5.74, 6) is 0.672. The van der Waals surface area contributed by atoms with Gasteiger partial charge >= 0.3 is 0 Å². The minimum Gasteiger partial charge on any atom is -0.494 e. The highest BCUT2D eigenvalue weighted by Crippen LogP contribution is 2.21. The Bertz CT molecular complexity index is 737. The number of carbonyl (C=O) groups is 1. The van der Waals surface area contributed by atoms with Crippen LogP contribution in [0.2, 0.25) is 0 Å². The zero-order valence-corrected chi connectivity index (χ0v) is 19.8. The van der Waals surface area contributed by atoms with E-state index in [1.54, 1.807) is 0 Å². The van der Waals surface area contributed by atoms with E-state index in [1.807, 2.05) is 62.4 Å². The van der Waals surface area contributed by atoms with Crippen LogP contribution in [0.15, 0.2) is 48.5 Å². The van der Waals surface area contributed by atoms with Gasteiger partial charge < -0.3 is 10.1 Å². The fraction of sp³-hybridized carbons (Fsp3) is 0.536. The summed E-state index contributed by atoms with van der Waals surface area (Å²) < 4.78 is 5.88. The van der Waals surface area contributed by atoms with Crippen molar-refractivity contribution in [3.8, 4) is 5.75 Å². The number of amides is 1. The molecule has 0 aliphatic rings. The van der Waals surface area contributed by atoms with Crippen molar-refractivity contribution in [2.24, 2.45) is 0 Å². The second-order valence-corrected chi connectivity index (χ2v) is 8.68. The zero-order valence-electron chi connectivity index (χ0n) is 19.8. The number of aryl methyl sites for hydroxylation is 1. The van der Waals surface area contributed by atoms with Gasteiger partial charge in [0.25, 0.3) is 0 Å². The lowest BCUT2D eigenvalue weighted by atomic mass is 10.00. The zero-order chi connectivity index (χ0) is 22.3. The van der Waals surface area contributed by atoms with Crippen molar-refractivity contribution in [1.82, 2.24) is 0 Å². The van der Waals surface area contributed by atoms with E-state index in [2.05, 4.69) is 12.2 Å². The summed E-state index contributed by atoms with van der Waals surface area (Å²) in [5.41, 5.74) is 3.01. The molecule has 1 atom stereocenters. The van der Waals surface area contributed by atoms with Gasteiger partial charge in [0.2, 0.25) is 5.91 Å². The Balaban J connectivity index is 1.60. The molecule has 1 unspecified atom stereocenters. The molecule has 0 fully saturated rings. The first kappa shape index (κ1) is 25.0. The topological polar surface area (TPSA) is 38.3 Å². The summed E-state index contributed by atoms with van der Waals surface area (Å²) in [7, 11) is 0. The molecule has 0 aliphatic carbocycles. The van der Waals surface area contributed by atoms with Gasteiger partial charge in [-0.1, -0.05) is 94.5 Å². The Labute approximate surface area is 189 Å². The van der Waals surface area contributed by atoms with Crippen LogP contribution in [0.1, 0.15) is 95.1 Å². The number of anilines is 1. The summed E-state index contributed by atoms with van der Waals surface area (Å²) in [5, 5.41) is 2.99. The van der Waals surface area contributed by atoms with Crippen molar-refractivity contribution < 1.29 is 9.53 Å². The van der Waals surface area contributed by atoms with E-state index in [1.165, 1.54) is 63.4 Å². The summed E-state index contributed by atoms with van der Waals surface area (Å²) in [4.78, 5) is 12.5. The minimum atomic E-state index is -0.211. The number of rotatable bonds is 15. The lowest BCUT2D eigenvalue weighted by molar-refractivity contribution is -0.117. The van der Waals surface area contributed by atoms with E-state index < -0.39 is 0 Å². The fourth-order valence-corrected chi connectivity index (χ4v) is 3.67. The molecule has 1 N–H and O–H groups in total. The highest BCUT2D eigenvalue weighted by atomic mass is 16.5. The molecule has 0 bridgehead atoms. The number of benzene rings is 2. The molecule has 0 saturated carbocycles. The largest absolute Gasteiger partial charge is 0.494 e.